The van der Waals surface area contributed by atoms with Crippen molar-refractivity contribution in [3.63, 3.8) is 0 Å². The lowest BCUT2D eigenvalue weighted by atomic mass is 9.96. The van der Waals surface area contributed by atoms with Crippen LogP contribution in [0.2, 0.25) is 0 Å². The molecule has 0 aliphatic heterocycles. The summed E-state index contributed by atoms with van der Waals surface area (Å²) in [4.78, 5) is 10.6. The van der Waals surface area contributed by atoms with Crippen molar-refractivity contribution in [1.29, 1.82) is 0 Å². The maximum absolute atomic E-state index is 10.6. The molecule has 0 aromatic heterocycles. The fraction of sp³-hybridized carbons (Fsp3) is 0.462. The summed E-state index contributed by atoms with van der Waals surface area (Å²) < 4.78 is 10.9. The first kappa shape index (κ1) is 12.6. The summed E-state index contributed by atoms with van der Waals surface area (Å²) >= 11 is 0. The minimum absolute atomic E-state index is 0.107. The number of carbonyl (C=O) groups is 1. The molecule has 0 aliphatic rings. The van der Waals surface area contributed by atoms with Crippen molar-refractivity contribution in [2.24, 2.45) is 0 Å². The molecule has 0 spiro atoms. The zero-order valence-corrected chi connectivity index (χ0v) is 10.0. The van der Waals surface area contributed by atoms with E-state index in [-0.39, 0.29) is 5.92 Å². The van der Waals surface area contributed by atoms with Crippen LogP contribution in [0, 0.1) is 0 Å². The second kappa shape index (κ2) is 6.16. The van der Waals surface area contributed by atoms with Gasteiger partial charge in [0.05, 0.1) is 13.7 Å². The standard InChI is InChI=1S/C13H18O3/c1-4-16-12-7-5-6-11(15-3)13(12)10(2)8-9-14/h5-7,9-10H,4,8H2,1-3H3. The van der Waals surface area contributed by atoms with Crippen LogP contribution in [0.3, 0.4) is 0 Å². The first-order valence-electron chi connectivity index (χ1n) is 5.47. The third-order valence-corrected chi connectivity index (χ3v) is 2.49. The third-order valence-electron chi connectivity index (χ3n) is 2.49. The van der Waals surface area contributed by atoms with Crippen molar-refractivity contribution >= 4 is 6.29 Å². The van der Waals surface area contributed by atoms with Crippen LogP contribution < -0.4 is 9.47 Å². The summed E-state index contributed by atoms with van der Waals surface area (Å²) in [5.74, 6) is 1.69. The molecule has 0 bridgehead atoms. The lowest BCUT2D eigenvalue weighted by Crippen LogP contribution is -2.03. The highest BCUT2D eigenvalue weighted by Crippen LogP contribution is 2.36. The van der Waals surface area contributed by atoms with Gasteiger partial charge in [-0.15, -0.1) is 0 Å². The molecule has 16 heavy (non-hydrogen) atoms. The molecule has 88 valence electrons. The van der Waals surface area contributed by atoms with Crippen LogP contribution in [-0.2, 0) is 4.79 Å². The van der Waals surface area contributed by atoms with Crippen LogP contribution in [0.15, 0.2) is 18.2 Å². The second-order valence-corrected chi connectivity index (χ2v) is 3.61. The first-order chi connectivity index (χ1) is 7.74. The number of hydrogen-bond donors (Lipinski definition) is 0. The zero-order chi connectivity index (χ0) is 12.0. The highest BCUT2D eigenvalue weighted by atomic mass is 16.5. The van der Waals surface area contributed by atoms with Gasteiger partial charge in [0.2, 0.25) is 0 Å². The van der Waals surface area contributed by atoms with E-state index in [0.717, 1.165) is 23.3 Å². The van der Waals surface area contributed by atoms with Crippen LogP contribution in [-0.4, -0.2) is 20.0 Å². The Balaban J connectivity index is 3.12. The summed E-state index contributed by atoms with van der Waals surface area (Å²) in [6.45, 7) is 4.54. The van der Waals surface area contributed by atoms with Gasteiger partial charge in [-0.1, -0.05) is 13.0 Å². The second-order valence-electron chi connectivity index (χ2n) is 3.61. The van der Waals surface area contributed by atoms with Gasteiger partial charge >= 0.3 is 0 Å². The molecular weight excluding hydrogens is 204 g/mol. The van der Waals surface area contributed by atoms with Gasteiger partial charge in [-0.05, 0) is 25.0 Å². The normalized spacial score (nSPS) is 11.9. The summed E-state index contributed by atoms with van der Waals surface area (Å²) in [6, 6.07) is 5.68. The smallest absolute Gasteiger partial charge is 0.126 e. The van der Waals surface area contributed by atoms with E-state index in [9.17, 15) is 4.79 Å². The molecule has 0 fully saturated rings. The molecule has 3 nitrogen and oxygen atoms in total. The van der Waals surface area contributed by atoms with Gasteiger partial charge in [0.25, 0.3) is 0 Å². The molecule has 3 heteroatoms. The molecule has 0 heterocycles. The fourth-order valence-electron chi connectivity index (χ4n) is 1.73. The number of hydrogen-bond acceptors (Lipinski definition) is 3. The SMILES string of the molecule is CCOc1cccc(OC)c1C(C)CC=O. The monoisotopic (exact) mass is 222 g/mol. The Bertz CT molecular complexity index is 347. The van der Waals surface area contributed by atoms with Gasteiger partial charge in [-0.3, -0.25) is 0 Å². The average Bonchev–Trinajstić information content (AvgIpc) is 2.29. The summed E-state index contributed by atoms with van der Waals surface area (Å²) in [5.41, 5.74) is 0.971. The number of rotatable bonds is 6. The lowest BCUT2D eigenvalue weighted by Gasteiger charge is -2.17. The van der Waals surface area contributed by atoms with Gasteiger partial charge in [-0.2, -0.15) is 0 Å². The molecule has 1 rings (SSSR count). The zero-order valence-electron chi connectivity index (χ0n) is 10.0. The molecular formula is C13H18O3. The minimum Gasteiger partial charge on any atom is -0.496 e. The summed E-state index contributed by atoms with van der Waals surface area (Å²) in [5, 5.41) is 0. The van der Waals surface area contributed by atoms with Crippen molar-refractivity contribution < 1.29 is 14.3 Å². The Morgan fingerprint density at radius 3 is 2.62 bits per heavy atom. The van der Waals surface area contributed by atoms with E-state index in [1.807, 2.05) is 32.0 Å². The van der Waals surface area contributed by atoms with Crippen molar-refractivity contribution in [3.05, 3.63) is 23.8 Å². The van der Waals surface area contributed by atoms with Crippen molar-refractivity contribution in [3.8, 4) is 11.5 Å². The van der Waals surface area contributed by atoms with E-state index in [0.29, 0.717) is 13.0 Å². The van der Waals surface area contributed by atoms with E-state index in [4.69, 9.17) is 9.47 Å². The molecule has 0 saturated heterocycles. The predicted octanol–water partition coefficient (Wildman–Crippen LogP) is 2.79. The van der Waals surface area contributed by atoms with Crippen LogP contribution in [0.25, 0.3) is 0 Å². The average molecular weight is 222 g/mol. The largest absolute Gasteiger partial charge is 0.496 e. The van der Waals surface area contributed by atoms with Crippen LogP contribution in [0.5, 0.6) is 11.5 Å². The first-order valence-corrected chi connectivity index (χ1v) is 5.47. The molecule has 0 amide bonds. The molecule has 1 unspecified atom stereocenters. The quantitative estimate of drug-likeness (QED) is 0.694. The summed E-state index contributed by atoms with van der Waals surface area (Å²) in [7, 11) is 1.63. The lowest BCUT2D eigenvalue weighted by molar-refractivity contribution is -0.108. The minimum atomic E-state index is 0.107. The van der Waals surface area contributed by atoms with Gasteiger partial charge in [-0.25, -0.2) is 0 Å². The molecule has 0 radical (unpaired) electrons. The number of aldehydes is 1. The molecule has 0 aliphatic carbocycles. The van der Waals surface area contributed by atoms with E-state index in [1.165, 1.54) is 0 Å². The Morgan fingerprint density at radius 1 is 1.38 bits per heavy atom. The van der Waals surface area contributed by atoms with Crippen molar-refractivity contribution in [1.82, 2.24) is 0 Å². The number of ether oxygens (including phenoxy) is 2. The Labute approximate surface area is 96.4 Å². The van der Waals surface area contributed by atoms with E-state index < -0.39 is 0 Å². The highest BCUT2D eigenvalue weighted by Gasteiger charge is 2.16. The number of carbonyl (C=O) groups excluding carboxylic acids is 1. The van der Waals surface area contributed by atoms with Crippen LogP contribution in [0.4, 0.5) is 0 Å². The number of benzene rings is 1. The number of methoxy groups -OCH3 is 1. The van der Waals surface area contributed by atoms with E-state index in [2.05, 4.69) is 0 Å². The highest BCUT2D eigenvalue weighted by molar-refractivity contribution is 5.55. The molecule has 0 N–H and O–H groups in total. The van der Waals surface area contributed by atoms with E-state index in [1.54, 1.807) is 7.11 Å². The van der Waals surface area contributed by atoms with Crippen LogP contribution >= 0.6 is 0 Å². The maximum Gasteiger partial charge on any atom is 0.126 e. The summed E-state index contributed by atoms with van der Waals surface area (Å²) in [6.07, 6.45) is 1.40. The van der Waals surface area contributed by atoms with Gasteiger partial charge < -0.3 is 14.3 Å². The Morgan fingerprint density at radius 2 is 2.06 bits per heavy atom. The topological polar surface area (TPSA) is 35.5 Å². The molecule has 1 aromatic rings. The van der Waals surface area contributed by atoms with Gasteiger partial charge in [0.15, 0.2) is 0 Å². The fourth-order valence-corrected chi connectivity index (χ4v) is 1.73. The molecule has 0 saturated carbocycles. The van der Waals surface area contributed by atoms with Gasteiger partial charge in [0.1, 0.15) is 17.8 Å². The molecule has 1 aromatic carbocycles. The van der Waals surface area contributed by atoms with Crippen LogP contribution in [0.1, 0.15) is 31.7 Å². The maximum atomic E-state index is 10.6. The Hall–Kier alpha value is -1.51. The van der Waals surface area contributed by atoms with Crippen molar-refractivity contribution in [2.75, 3.05) is 13.7 Å². The third kappa shape index (κ3) is 2.75. The molecule has 1 atom stereocenters. The van der Waals surface area contributed by atoms with Gasteiger partial charge in [0, 0.05) is 12.0 Å². The van der Waals surface area contributed by atoms with E-state index >= 15 is 0 Å². The predicted molar refractivity (Wildman–Crippen MR) is 63.3 cm³/mol. The Kier molecular flexibility index (Phi) is 4.83. The van der Waals surface area contributed by atoms with Crippen molar-refractivity contribution in [2.45, 2.75) is 26.2 Å².